The van der Waals surface area contributed by atoms with Crippen molar-refractivity contribution >= 4 is 41.8 Å². The number of thioether (sulfide) groups is 2. The van der Waals surface area contributed by atoms with Crippen molar-refractivity contribution in [2.45, 2.75) is 38.0 Å². The Morgan fingerprint density at radius 2 is 2.17 bits per heavy atom. The summed E-state index contributed by atoms with van der Waals surface area (Å²) in [5, 5.41) is 3.25. The topological polar surface area (TPSA) is 55.1 Å². The summed E-state index contributed by atoms with van der Waals surface area (Å²) in [6.07, 6.45) is 0.930. The number of halogens is 1. The molecular formula is C12H25ClN2OS2. The van der Waals surface area contributed by atoms with Crippen LogP contribution in [-0.4, -0.2) is 40.5 Å². The monoisotopic (exact) mass is 312 g/mol. The van der Waals surface area contributed by atoms with E-state index >= 15 is 0 Å². The maximum absolute atomic E-state index is 12.2. The molecule has 1 fully saturated rings. The highest BCUT2D eigenvalue weighted by molar-refractivity contribution is 8.07. The molecule has 108 valence electrons. The number of carbonyl (C=O) groups excluding carboxylic acids is 1. The summed E-state index contributed by atoms with van der Waals surface area (Å²) in [6.45, 7) is 6.86. The summed E-state index contributed by atoms with van der Waals surface area (Å²) in [6, 6.07) is 0. The van der Waals surface area contributed by atoms with Gasteiger partial charge >= 0.3 is 0 Å². The third-order valence-corrected chi connectivity index (χ3v) is 5.60. The first kappa shape index (κ1) is 18.4. The molecule has 0 aromatic carbocycles. The van der Waals surface area contributed by atoms with Crippen molar-refractivity contribution in [1.29, 1.82) is 0 Å². The first-order chi connectivity index (χ1) is 7.97. The van der Waals surface area contributed by atoms with Crippen molar-refractivity contribution in [1.82, 2.24) is 5.32 Å². The number of rotatable bonds is 5. The number of nitrogens with one attached hydrogen (secondary N) is 1. The van der Waals surface area contributed by atoms with Crippen molar-refractivity contribution in [2.75, 3.05) is 23.8 Å². The zero-order chi connectivity index (χ0) is 12.9. The molecule has 0 aliphatic carbocycles. The maximum atomic E-state index is 12.2. The summed E-state index contributed by atoms with van der Waals surface area (Å²) in [5.74, 6) is 3.87. The van der Waals surface area contributed by atoms with Crippen LogP contribution in [0.15, 0.2) is 0 Å². The van der Waals surface area contributed by atoms with Gasteiger partial charge in [0.2, 0.25) is 5.91 Å². The van der Waals surface area contributed by atoms with Crippen LogP contribution in [0.25, 0.3) is 0 Å². The van der Waals surface area contributed by atoms with Gasteiger partial charge in [0.1, 0.15) is 0 Å². The van der Waals surface area contributed by atoms with Gasteiger partial charge in [0.05, 0.1) is 5.25 Å². The normalized spacial score (nSPS) is 23.1. The fraction of sp³-hybridized carbons (Fsp3) is 0.917. The SMILES string of the molecule is CC(C)CC(C)(CN)NC(=O)C1CSCCS1.Cl. The van der Waals surface area contributed by atoms with E-state index < -0.39 is 0 Å². The summed E-state index contributed by atoms with van der Waals surface area (Å²) in [7, 11) is 0. The van der Waals surface area contributed by atoms with Crippen molar-refractivity contribution < 1.29 is 4.79 Å². The molecule has 6 heteroatoms. The summed E-state index contributed by atoms with van der Waals surface area (Å²) < 4.78 is 0. The predicted octanol–water partition coefficient (Wildman–Crippen LogP) is 2.14. The van der Waals surface area contributed by atoms with E-state index in [4.69, 9.17) is 5.73 Å². The van der Waals surface area contributed by atoms with E-state index in [0.717, 1.165) is 23.7 Å². The fourth-order valence-corrected chi connectivity index (χ4v) is 4.66. The molecule has 18 heavy (non-hydrogen) atoms. The van der Waals surface area contributed by atoms with Gasteiger partial charge in [-0.25, -0.2) is 0 Å². The molecule has 0 spiro atoms. The highest BCUT2D eigenvalue weighted by Crippen LogP contribution is 2.25. The zero-order valence-corrected chi connectivity index (χ0v) is 13.9. The lowest BCUT2D eigenvalue weighted by Crippen LogP contribution is -2.55. The van der Waals surface area contributed by atoms with Crippen LogP contribution in [0.4, 0.5) is 0 Å². The number of hydrogen-bond donors (Lipinski definition) is 2. The van der Waals surface area contributed by atoms with Crippen LogP contribution in [0.1, 0.15) is 27.2 Å². The lowest BCUT2D eigenvalue weighted by Gasteiger charge is -2.33. The van der Waals surface area contributed by atoms with Crippen LogP contribution in [0, 0.1) is 5.92 Å². The van der Waals surface area contributed by atoms with Gasteiger partial charge in [-0.05, 0) is 19.3 Å². The first-order valence-electron chi connectivity index (χ1n) is 6.18. The van der Waals surface area contributed by atoms with E-state index in [-0.39, 0.29) is 29.1 Å². The third-order valence-electron chi connectivity index (χ3n) is 2.84. The second-order valence-electron chi connectivity index (χ2n) is 5.29. The Balaban J connectivity index is 0.00000289. The molecule has 1 aliphatic heterocycles. The Hall–Kier alpha value is 0.420. The minimum atomic E-state index is -0.256. The van der Waals surface area contributed by atoms with Gasteiger partial charge < -0.3 is 11.1 Å². The molecule has 3 nitrogen and oxygen atoms in total. The number of nitrogens with two attached hydrogens (primary N) is 1. The van der Waals surface area contributed by atoms with Gasteiger partial charge in [-0.3, -0.25) is 4.79 Å². The quantitative estimate of drug-likeness (QED) is 0.816. The zero-order valence-electron chi connectivity index (χ0n) is 11.4. The summed E-state index contributed by atoms with van der Waals surface area (Å²) in [5.41, 5.74) is 5.55. The minimum Gasteiger partial charge on any atom is -0.349 e. The Kier molecular flexibility index (Phi) is 8.76. The lowest BCUT2D eigenvalue weighted by atomic mass is 9.90. The largest absolute Gasteiger partial charge is 0.349 e. The van der Waals surface area contributed by atoms with Crippen LogP contribution < -0.4 is 11.1 Å². The molecule has 0 bridgehead atoms. The Labute approximate surface area is 125 Å². The molecule has 0 aromatic rings. The van der Waals surface area contributed by atoms with Crippen LogP contribution in [0.3, 0.4) is 0 Å². The second kappa shape index (κ2) is 8.56. The molecule has 3 N–H and O–H groups in total. The van der Waals surface area contributed by atoms with E-state index in [0.29, 0.717) is 12.5 Å². The fourth-order valence-electron chi connectivity index (χ4n) is 2.10. The summed E-state index contributed by atoms with van der Waals surface area (Å²) >= 11 is 3.63. The molecule has 1 saturated heterocycles. The molecular weight excluding hydrogens is 288 g/mol. The van der Waals surface area contributed by atoms with Gasteiger partial charge in [0, 0.05) is 29.3 Å². The first-order valence-corrected chi connectivity index (χ1v) is 8.38. The van der Waals surface area contributed by atoms with E-state index in [1.807, 2.05) is 18.7 Å². The van der Waals surface area contributed by atoms with Crippen molar-refractivity contribution in [3.63, 3.8) is 0 Å². The maximum Gasteiger partial charge on any atom is 0.234 e. The van der Waals surface area contributed by atoms with Gasteiger partial charge in [-0.2, -0.15) is 11.8 Å². The van der Waals surface area contributed by atoms with Gasteiger partial charge in [0.25, 0.3) is 0 Å². The van der Waals surface area contributed by atoms with Gasteiger partial charge in [-0.15, -0.1) is 24.2 Å². The number of hydrogen-bond acceptors (Lipinski definition) is 4. The predicted molar refractivity (Wildman–Crippen MR) is 85.9 cm³/mol. The second-order valence-corrected chi connectivity index (χ2v) is 7.75. The molecule has 0 radical (unpaired) electrons. The molecule has 1 amide bonds. The lowest BCUT2D eigenvalue weighted by molar-refractivity contribution is -0.122. The summed E-state index contributed by atoms with van der Waals surface area (Å²) in [4.78, 5) is 12.2. The van der Waals surface area contributed by atoms with E-state index in [2.05, 4.69) is 19.2 Å². The van der Waals surface area contributed by atoms with E-state index in [1.165, 1.54) is 0 Å². The van der Waals surface area contributed by atoms with Crippen molar-refractivity contribution in [3.8, 4) is 0 Å². The molecule has 1 heterocycles. The van der Waals surface area contributed by atoms with E-state index in [1.54, 1.807) is 11.8 Å². The third kappa shape index (κ3) is 6.04. The van der Waals surface area contributed by atoms with Crippen LogP contribution in [-0.2, 0) is 4.79 Å². The molecule has 1 rings (SSSR count). The standard InChI is InChI=1S/C12H24N2OS2.ClH/c1-9(2)6-12(3,8-13)14-11(15)10-7-16-4-5-17-10;/h9-10H,4-8,13H2,1-3H3,(H,14,15);1H. The minimum absolute atomic E-state index is 0. The molecule has 2 atom stereocenters. The van der Waals surface area contributed by atoms with Gasteiger partial charge in [0.15, 0.2) is 0 Å². The highest BCUT2D eigenvalue weighted by atomic mass is 35.5. The Morgan fingerprint density at radius 1 is 1.50 bits per heavy atom. The average molecular weight is 313 g/mol. The van der Waals surface area contributed by atoms with Gasteiger partial charge in [-0.1, -0.05) is 13.8 Å². The number of carbonyl (C=O) groups is 1. The van der Waals surface area contributed by atoms with Crippen LogP contribution >= 0.6 is 35.9 Å². The Bertz CT molecular complexity index is 260. The van der Waals surface area contributed by atoms with Crippen molar-refractivity contribution in [3.05, 3.63) is 0 Å². The molecule has 2 unspecified atom stereocenters. The molecule has 0 saturated carbocycles. The smallest absolute Gasteiger partial charge is 0.234 e. The highest BCUT2D eigenvalue weighted by Gasteiger charge is 2.30. The average Bonchev–Trinajstić information content (AvgIpc) is 2.29. The Morgan fingerprint density at radius 3 is 2.61 bits per heavy atom. The van der Waals surface area contributed by atoms with Crippen LogP contribution in [0.2, 0.25) is 0 Å². The van der Waals surface area contributed by atoms with Crippen molar-refractivity contribution in [2.24, 2.45) is 11.7 Å². The van der Waals surface area contributed by atoms with E-state index in [9.17, 15) is 4.79 Å². The number of amides is 1. The molecule has 1 aliphatic rings. The van der Waals surface area contributed by atoms with Crippen LogP contribution in [0.5, 0.6) is 0 Å². The molecule has 0 aromatic heterocycles.